The van der Waals surface area contributed by atoms with Crippen LogP contribution >= 0.6 is 12.4 Å². The van der Waals surface area contributed by atoms with Gasteiger partial charge in [-0.1, -0.05) is 6.07 Å². The van der Waals surface area contributed by atoms with Gasteiger partial charge >= 0.3 is 6.09 Å². The van der Waals surface area contributed by atoms with Crippen molar-refractivity contribution in [3.05, 3.63) is 47.2 Å². The molecular formula is C28H35ClN4O5S. The summed E-state index contributed by atoms with van der Waals surface area (Å²) in [6.07, 6.45) is 7.49. The van der Waals surface area contributed by atoms with E-state index in [0.717, 1.165) is 12.1 Å². The number of ether oxygens (including phenoxy) is 1. The molecule has 1 aromatic heterocycles. The van der Waals surface area contributed by atoms with E-state index in [0.29, 0.717) is 50.2 Å². The summed E-state index contributed by atoms with van der Waals surface area (Å²) in [5.41, 5.74) is 2.54. The number of carbonyl (C=O) groups is 2. The number of sulfone groups is 1. The molecule has 2 saturated heterocycles. The van der Waals surface area contributed by atoms with Gasteiger partial charge in [0.2, 0.25) is 0 Å². The van der Waals surface area contributed by atoms with E-state index in [1.54, 1.807) is 24.8 Å². The first-order valence-corrected chi connectivity index (χ1v) is 15.3. The number of anilines is 2. The Morgan fingerprint density at radius 2 is 1.69 bits per heavy atom. The second-order valence-electron chi connectivity index (χ2n) is 11.7. The van der Waals surface area contributed by atoms with Gasteiger partial charge in [-0.15, -0.1) is 12.4 Å². The molecule has 2 aliphatic carbocycles. The van der Waals surface area contributed by atoms with Crippen molar-refractivity contribution in [3.63, 3.8) is 0 Å². The Balaban J connectivity index is 0.00000308. The third kappa shape index (κ3) is 5.59. The first-order valence-electron chi connectivity index (χ1n) is 13.4. The van der Waals surface area contributed by atoms with Crippen LogP contribution in [0.2, 0.25) is 0 Å². The predicted octanol–water partition coefficient (Wildman–Crippen LogP) is 4.36. The molecule has 0 unspecified atom stereocenters. The van der Waals surface area contributed by atoms with E-state index in [4.69, 9.17) is 9.72 Å². The minimum atomic E-state index is -3.73. The lowest BCUT2D eigenvalue weighted by Crippen LogP contribution is -2.49. The number of pyridine rings is 1. The van der Waals surface area contributed by atoms with Crippen LogP contribution in [-0.4, -0.2) is 74.9 Å². The van der Waals surface area contributed by atoms with Crippen molar-refractivity contribution in [2.24, 2.45) is 0 Å². The molecule has 0 N–H and O–H groups in total. The number of rotatable bonds is 6. The fourth-order valence-corrected chi connectivity index (χ4v) is 6.40. The first kappa shape index (κ1) is 27.7. The maximum atomic E-state index is 13.5. The highest BCUT2D eigenvalue weighted by Crippen LogP contribution is 2.47. The largest absolute Gasteiger partial charge is 0.441 e. The molecule has 2 aromatic rings. The average Bonchev–Trinajstić information content (AvgIpc) is 3.80. The summed E-state index contributed by atoms with van der Waals surface area (Å²) in [7, 11) is -3.73. The summed E-state index contributed by atoms with van der Waals surface area (Å²) < 4.78 is 30.8. The van der Waals surface area contributed by atoms with Crippen LogP contribution in [0.4, 0.5) is 16.3 Å². The highest BCUT2D eigenvalue weighted by atomic mass is 35.5. The molecule has 2 amide bonds. The molecule has 2 aliphatic heterocycles. The number of hydrogen-bond donors (Lipinski definition) is 0. The number of nitrogens with zero attached hydrogens (tertiary/aromatic N) is 4. The molecule has 0 atom stereocenters. The van der Waals surface area contributed by atoms with Gasteiger partial charge in [-0.05, 0) is 80.7 Å². The number of cyclic esters (lactones) is 1. The Morgan fingerprint density at radius 3 is 2.26 bits per heavy atom. The summed E-state index contributed by atoms with van der Waals surface area (Å²) >= 11 is 0. The van der Waals surface area contributed by atoms with Crippen molar-refractivity contribution < 1.29 is 22.7 Å². The van der Waals surface area contributed by atoms with Gasteiger partial charge in [-0.2, -0.15) is 0 Å². The van der Waals surface area contributed by atoms with E-state index in [1.807, 2.05) is 6.20 Å². The third-order valence-corrected chi connectivity index (χ3v) is 9.01. The molecule has 11 heteroatoms. The molecule has 4 fully saturated rings. The smallest absolute Gasteiger partial charge is 0.415 e. The van der Waals surface area contributed by atoms with Crippen molar-refractivity contribution in [3.8, 4) is 0 Å². The Kier molecular flexibility index (Phi) is 7.08. The minimum Gasteiger partial charge on any atom is -0.441 e. The van der Waals surface area contributed by atoms with Crippen LogP contribution in [0, 0.1) is 0 Å². The zero-order valence-electron chi connectivity index (χ0n) is 22.6. The second kappa shape index (κ2) is 9.96. The van der Waals surface area contributed by atoms with Gasteiger partial charge in [0.1, 0.15) is 11.4 Å². The summed E-state index contributed by atoms with van der Waals surface area (Å²) in [6.45, 7) is 6.13. The number of halogens is 1. The van der Waals surface area contributed by atoms with Crippen LogP contribution in [-0.2, 0) is 14.6 Å². The van der Waals surface area contributed by atoms with Gasteiger partial charge in [0, 0.05) is 44.3 Å². The molecule has 2 saturated carbocycles. The van der Waals surface area contributed by atoms with E-state index in [9.17, 15) is 18.0 Å². The Bertz CT molecular complexity index is 1410. The monoisotopic (exact) mass is 574 g/mol. The van der Waals surface area contributed by atoms with Gasteiger partial charge < -0.3 is 14.5 Å². The standard InChI is InChI=1S/C28H34N4O5S.ClH/c1-28(2)17-32(27(34)37-28)21-8-9-22(24(15-21)38(3,35)36)26(33)31-12-10-30(11-13-31)25-23(19-6-7-19)14-20(16-29-25)18-4-5-18;/h8-9,14-16,18-19H,4-7,10-13,17H2,1-3H3;1H. The SMILES string of the molecule is CC1(C)CN(c2ccc(C(=O)N3CCN(c4ncc(C5CC5)cc4C4CC4)CC3)c(S(C)(=O)=O)c2)C(=O)O1.Cl. The van der Waals surface area contributed by atoms with Gasteiger partial charge in [0.05, 0.1) is 17.0 Å². The zero-order valence-corrected chi connectivity index (χ0v) is 24.2. The maximum absolute atomic E-state index is 13.5. The summed E-state index contributed by atoms with van der Waals surface area (Å²) in [5, 5.41) is 0. The van der Waals surface area contributed by atoms with Crippen LogP contribution < -0.4 is 9.80 Å². The fourth-order valence-electron chi connectivity index (χ4n) is 5.51. The molecule has 9 nitrogen and oxygen atoms in total. The van der Waals surface area contributed by atoms with Crippen molar-refractivity contribution in [1.82, 2.24) is 9.88 Å². The molecule has 0 bridgehead atoms. The third-order valence-electron chi connectivity index (χ3n) is 7.88. The lowest BCUT2D eigenvalue weighted by atomic mass is 10.1. The molecule has 0 radical (unpaired) electrons. The van der Waals surface area contributed by atoms with E-state index < -0.39 is 21.5 Å². The molecular weight excluding hydrogens is 540 g/mol. The highest BCUT2D eigenvalue weighted by Gasteiger charge is 2.39. The molecule has 3 heterocycles. The molecule has 39 heavy (non-hydrogen) atoms. The lowest BCUT2D eigenvalue weighted by Gasteiger charge is -2.36. The molecule has 4 aliphatic rings. The zero-order chi connectivity index (χ0) is 26.8. The molecule has 6 rings (SSSR count). The van der Waals surface area contributed by atoms with Gasteiger partial charge in [-0.25, -0.2) is 18.2 Å². The molecule has 1 aromatic carbocycles. The van der Waals surface area contributed by atoms with Crippen LogP contribution in [0.3, 0.4) is 0 Å². The molecule has 210 valence electrons. The van der Waals surface area contributed by atoms with Crippen molar-refractivity contribution in [2.45, 2.75) is 61.9 Å². The Morgan fingerprint density at radius 1 is 1.03 bits per heavy atom. The molecule has 0 spiro atoms. The van der Waals surface area contributed by atoms with Crippen LogP contribution in [0.25, 0.3) is 0 Å². The van der Waals surface area contributed by atoms with Gasteiger partial charge in [0.15, 0.2) is 9.84 Å². The van der Waals surface area contributed by atoms with E-state index in [2.05, 4.69) is 11.0 Å². The van der Waals surface area contributed by atoms with Crippen molar-refractivity contribution >= 4 is 45.7 Å². The average molecular weight is 575 g/mol. The Labute approximate surface area is 235 Å². The van der Waals surface area contributed by atoms with Gasteiger partial charge in [0.25, 0.3) is 5.91 Å². The quantitative estimate of drug-likeness (QED) is 0.505. The second-order valence-corrected chi connectivity index (χ2v) is 13.7. The number of piperazine rings is 1. The number of aromatic nitrogens is 1. The fraction of sp³-hybridized carbons (Fsp3) is 0.536. The maximum Gasteiger partial charge on any atom is 0.415 e. The number of benzene rings is 1. The van der Waals surface area contributed by atoms with E-state index in [1.165, 1.54) is 53.8 Å². The summed E-state index contributed by atoms with van der Waals surface area (Å²) in [5.74, 6) is 1.97. The lowest BCUT2D eigenvalue weighted by molar-refractivity contribution is 0.0742. The highest BCUT2D eigenvalue weighted by molar-refractivity contribution is 7.90. The first-order chi connectivity index (χ1) is 18.0. The van der Waals surface area contributed by atoms with Crippen molar-refractivity contribution in [1.29, 1.82) is 0 Å². The Hall–Kier alpha value is -2.85. The van der Waals surface area contributed by atoms with E-state index >= 15 is 0 Å². The number of carbonyl (C=O) groups excluding carboxylic acids is 2. The van der Waals surface area contributed by atoms with Crippen LogP contribution in [0.15, 0.2) is 35.4 Å². The van der Waals surface area contributed by atoms with Gasteiger partial charge in [-0.3, -0.25) is 9.69 Å². The van der Waals surface area contributed by atoms with Crippen LogP contribution in [0.5, 0.6) is 0 Å². The van der Waals surface area contributed by atoms with Crippen molar-refractivity contribution in [2.75, 3.05) is 48.8 Å². The number of hydrogen-bond acceptors (Lipinski definition) is 7. The van der Waals surface area contributed by atoms with Crippen LogP contribution in [0.1, 0.15) is 72.9 Å². The topological polar surface area (TPSA) is 100 Å². The summed E-state index contributed by atoms with van der Waals surface area (Å²) in [4.78, 5) is 36.1. The normalized spacial score (nSPS) is 21.0. The summed E-state index contributed by atoms with van der Waals surface area (Å²) in [6, 6.07) is 6.90. The predicted molar refractivity (Wildman–Crippen MR) is 151 cm³/mol. The number of amides is 2. The minimum absolute atomic E-state index is 0. The van der Waals surface area contributed by atoms with E-state index in [-0.39, 0.29) is 28.8 Å².